The molecule has 0 bridgehead atoms. The summed E-state index contributed by atoms with van der Waals surface area (Å²) in [4.78, 5) is 11.7. The van der Waals surface area contributed by atoms with Crippen molar-refractivity contribution in [2.24, 2.45) is 0 Å². The molecule has 2 rings (SSSR count). The van der Waals surface area contributed by atoms with E-state index in [4.69, 9.17) is 0 Å². The van der Waals surface area contributed by atoms with Gasteiger partial charge in [-0.2, -0.15) is 0 Å². The van der Waals surface area contributed by atoms with Crippen LogP contribution >= 0.6 is 0 Å². The molecule has 0 unspecified atom stereocenters. The first kappa shape index (κ1) is 18.5. The van der Waals surface area contributed by atoms with Gasteiger partial charge < -0.3 is 10.6 Å². The first-order valence-electron chi connectivity index (χ1n) is 7.36. The number of hydrogen-bond acceptors (Lipinski definition) is 3. The molecule has 6 nitrogen and oxygen atoms in total. The molecule has 0 aromatic heterocycles. The monoisotopic (exact) mass is 363 g/mol. The minimum absolute atomic E-state index is 0.0983. The van der Waals surface area contributed by atoms with Crippen molar-refractivity contribution in [2.45, 2.75) is 6.54 Å². The van der Waals surface area contributed by atoms with E-state index in [0.717, 1.165) is 17.9 Å². The number of benzene rings is 2. The van der Waals surface area contributed by atoms with Crippen LogP contribution in [-0.2, 0) is 16.6 Å². The molecular formula is C17H18FN3O3S. The minimum atomic E-state index is -3.55. The van der Waals surface area contributed by atoms with E-state index in [-0.39, 0.29) is 12.2 Å². The Morgan fingerprint density at radius 2 is 1.88 bits per heavy atom. The topological polar surface area (TPSA) is 87.3 Å². The molecule has 3 N–H and O–H groups in total. The van der Waals surface area contributed by atoms with E-state index < -0.39 is 21.9 Å². The van der Waals surface area contributed by atoms with E-state index >= 15 is 0 Å². The van der Waals surface area contributed by atoms with Crippen LogP contribution in [0.3, 0.4) is 0 Å². The van der Waals surface area contributed by atoms with Crippen molar-refractivity contribution in [1.29, 1.82) is 0 Å². The summed E-state index contributed by atoms with van der Waals surface area (Å²) >= 11 is 0. The maximum Gasteiger partial charge on any atom is 0.319 e. The van der Waals surface area contributed by atoms with Crippen LogP contribution in [0, 0.1) is 5.82 Å². The van der Waals surface area contributed by atoms with Gasteiger partial charge in [-0.05, 0) is 29.3 Å². The number of halogens is 1. The normalized spacial score (nSPS) is 11.3. The van der Waals surface area contributed by atoms with Gasteiger partial charge in [-0.15, -0.1) is 0 Å². The molecule has 0 radical (unpaired) electrons. The van der Waals surface area contributed by atoms with Crippen LogP contribution in [0.25, 0.3) is 6.08 Å². The van der Waals surface area contributed by atoms with Crippen molar-refractivity contribution in [1.82, 2.24) is 10.6 Å². The van der Waals surface area contributed by atoms with Gasteiger partial charge in [0.25, 0.3) is 0 Å². The van der Waals surface area contributed by atoms with Gasteiger partial charge in [-0.25, -0.2) is 17.6 Å². The van der Waals surface area contributed by atoms with Crippen LogP contribution in [0.1, 0.15) is 11.1 Å². The average molecular weight is 363 g/mol. The summed E-state index contributed by atoms with van der Waals surface area (Å²) < 4.78 is 38.1. The van der Waals surface area contributed by atoms with Crippen molar-refractivity contribution in [3.05, 3.63) is 71.7 Å². The molecule has 8 heteroatoms. The Kier molecular flexibility index (Phi) is 6.13. The second kappa shape index (κ2) is 8.29. The van der Waals surface area contributed by atoms with Crippen LogP contribution in [0.4, 0.5) is 14.9 Å². The molecule has 0 atom stereocenters. The molecule has 0 saturated carbocycles. The third-order valence-corrected chi connectivity index (χ3v) is 3.66. The second-order valence-corrected chi connectivity index (χ2v) is 7.01. The van der Waals surface area contributed by atoms with Gasteiger partial charge in [0.1, 0.15) is 5.82 Å². The number of carbonyl (C=O) groups is 1. The molecule has 0 aliphatic carbocycles. The second-order valence-electron chi connectivity index (χ2n) is 5.26. The van der Waals surface area contributed by atoms with Gasteiger partial charge in [0, 0.05) is 12.7 Å². The lowest BCUT2D eigenvalue weighted by molar-refractivity contribution is 0.244. The standard InChI is InChI=1S/C17H18FN3O3S/c1-25(23,24)21-16-8-7-14(11-15(16)18)12-20-17(22)19-10-9-13-5-3-2-4-6-13/h2-11,21H,12H2,1H3,(H2,19,20,22). The van der Waals surface area contributed by atoms with Crippen LogP contribution in [0.15, 0.2) is 54.7 Å². The van der Waals surface area contributed by atoms with E-state index in [9.17, 15) is 17.6 Å². The molecule has 2 amide bonds. The fraction of sp³-hybridized carbons (Fsp3) is 0.118. The van der Waals surface area contributed by atoms with Gasteiger partial charge in [-0.1, -0.05) is 36.4 Å². The van der Waals surface area contributed by atoms with E-state index in [1.807, 2.05) is 30.3 Å². The summed E-state index contributed by atoms with van der Waals surface area (Å²) in [5, 5.41) is 5.12. The largest absolute Gasteiger partial charge is 0.334 e. The molecular weight excluding hydrogens is 345 g/mol. The molecule has 2 aromatic rings. The number of carbonyl (C=O) groups excluding carboxylic acids is 1. The Morgan fingerprint density at radius 1 is 1.16 bits per heavy atom. The zero-order valence-corrected chi connectivity index (χ0v) is 14.3. The number of anilines is 1. The maximum absolute atomic E-state index is 13.8. The Morgan fingerprint density at radius 3 is 2.52 bits per heavy atom. The summed E-state index contributed by atoms with van der Waals surface area (Å²) in [6.07, 6.45) is 4.19. The average Bonchev–Trinajstić information content (AvgIpc) is 2.55. The molecule has 0 aliphatic heterocycles. The predicted octanol–water partition coefficient (Wildman–Crippen LogP) is 2.67. The lowest BCUT2D eigenvalue weighted by Crippen LogP contribution is -2.31. The Hall–Kier alpha value is -2.87. The van der Waals surface area contributed by atoms with Crippen LogP contribution in [-0.4, -0.2) is 20.7 Å². The molecule has 132 valence electrons. The molecule has 0 heterocycles. The lowest BCUT2D eigenvalue weighted by atomic mass is 10.2. The Balaban J connectivity index is 1.85. The highest BCUT2D eigenvalue weighted by atomic mass is 32.2. The number of hydrogen-bond donors (Lipinski definition) is 3. The van der Waals surface area contributed by atoms with Gasteiger partial charge in [0.2, 0.25) is 10.0 Å². The fourth-order valence-corrected chi connectivity index (χ4v) is 2.53. The summed E-state index contributed by atoms with van der Waals surface area (Å²) in [5.74, 6) is -0.714. The summed E-state index contributed by atoms with van der Waals surface area (Å²) in [6, 6.07) is 13.0. The molecule has 0 spiro atoms. The predicted molar refractivity (Wildman–Crippen MR) is 95.7 cm³/mol. The number of nitrogens with one attached hydrogen (secondary N) is 3. The molecule has 25 heavy (non-hydrogen) atoms. The molecule has 0 saturated heterocycles. The maximum atomic E-state index is 13.8. The smallest absolute Gasteiger partial charge is 0.319 e. The Labute approximate surface area is 145 Å². The molecule has 2 aromatic carbocycles. The van der Waals surface area contributed by atoms with Crippen molar-refractivity contribution in [3.8, 4) is 0 Å². The van der Waals surface area contributed by atoms with Gasteiger partial charge in [0.05, 0.1) is 11.9 Å². The zero-order valence-electron chi connectivity index (χ0n) is 13.5. The van der Waals surface area contributed by atoms with Gasteiger partial charge in [-0.3, -0.25) is 4.72 Å². The van der Waals surface area contributed by atoms with Gasteiger partial charge >= 0.3 is 6.03 Å². The first-order valence-corrected chi connectivity index (χ1v) is 9.25. The van der Waals surface area contributed by atoms with Crippen LogP contribution in [0.5, 0.6) is 0 Å². The van der Waals surface area contributed by atoms with Crippen molar-refractivity contribution in [2.75, 3.05) is 11.0 Å². The molecule has 0 aliphatic rings. The van der Waals surface area contributed by atoms with Crippen molar-refractivity contribution >= 4 is 27.8 Å². The number of sulfonamides is 1. The first-order chi connectivity index (χ1) is 11.8. The SMILES string of the molecule is CS(=O)(=O)Nc1ccc(CNC(=O)NC=Cc2ccccc2)cc1F. The molecule has 0 fully saturated rings. The number of urea groups is 1. The Bertz CT molecular complexity index is 868. The quantitative estimate of drug-likeness (QED) is 0.737. The fourth-order valence-electron chi connectivity index (χ4n) is 1.96. The lowest BCUT2D eigenvalue weighted by Gasteiger charge is -2.08. The number of amides is 2. The van der Waals surface area contributed by atoms with E-state index in [0.29, 0.717) is 5.56 Å². The third-order valence-electron chi connectivity index (χ3n) is 3.07. The van der Waals surface area contributed by atoms with Crippen LogP contribution in [0.2, 0.25) is 0 Å². The summed E-state index contributed by atoms with van der Waals surface area (Å²) in [7, 11) is -3.55. The highest BCUT2D eigenvalue weighted by Crippen LogP contribution is 2.16. The van der Waals surface area contributed by atoms with Crippen LogP contribution < -0.4 is 15.4 Å². The van der Waals surface area contributed by atoms with E-state index in [1.54, 1.807) is 6.08 Å². The summed E-state index contributed by atoms with van der Waals surface area (Å²) in [6.45, 7) is 0.0983. The highest BCUT2D eigenvalue weighted by molar-refractivity contribution is 7.92. The van der Waals surface area contributed by atoms with Crippen molar-refractivity contribution in [3.63, 3.8) is 0 Å². The van der Waals surface area contributed by atoms with Gasteiger partial charge in [0.15, 0.2) is 0 Å². The minimum Gasteiger partial charge on any atom is -0.334 e. The van der Waals surface area contributed by atoms with E-state index in [2.05, 4.69) is 15.4 Å². The third kappa shape index (κ3) is 6.64. The van der Waals surface area contributed by atoms with Crippen molar-refractivity contribution < 1.29 is 17.6 Å². The zero-order chi connectivity index (χ0) is 18.3. The number of rotatable bonds is 6. The highest BCUT2D eigenvalue weighted by Gasteiger charge is 2.08. The van der Waals surface area contributed by atoms with E-state index in [1.165, 1.54) is 18.3 Å². The summed E-state index contributed by atoms with van der Waals surface area (Å²) in [5.41, 5.74) is 1.30.